The quantitative estimate of drug-likeness (QED) is 0.840. The fraction of sp³-hybridized carbons (Fsp3) is 0.562. The molecule has 0 spiro atoms. The summed E-state index contributed by atoms with van der Waals surface area (Å²) in [6.45, 7) is 4.65. The molecule has 1 aliphatic rings. The molecule has 3 nitrogen and oxygen atoms in total. The zero-order valence-electron chi connectivity index (χ0n) is 12.0. The normalized spacial score (nSPS) is 21.7. The first kappa shape index (κ1) is 13.9. The van der Waals surface area contributed by atoms with E-state index in [0.717, 1.165) is 5.69 Å². The third-order valence-corrected chi connectivity index (χ3v) is 4.15. The van der Waals surface area contributed by atoms with Gasteiger partial charge in [0.05, 0.1) is 12.7 Å². The van der Waals surface area contributed by atoms with Crippen molar-refractivity contribution in [2.75, 3.05) is 12.4 Å². The second-order valence-electron chi connectivity index (χ2n) is 6.00. The number of carbonyl (C=O) groups is 1. The minimum Gasteiger partial charge on any atom is -0.465 e. The monoisotopic (exact) mass is 261 g/mol. The van der Waals surface area contributed by atoms with Crippen molar-refractivity contribution < 1.29 is 9.53 Å². The zero-order valence-corrected chi connectivity index (χ0v) is 12.0. The Morgan fingerprint density at radius 1 is 1.26 bits per heavy atom. The Morgan fingerprint density at radius 3 is 2.53 bits per heavy atom. The number of nitrogens with one attached hydrogen (secondary N) is 1. The van der Waals surface area contributed by atoms with Crippen LogP contribution >= 0.6 is 0 Å². The van der Waals surface area contributed by atoms with Gasteiger partial charge in [0, 0.05) is 11.7 Å². The van der Waals surface area contributed by atoms with E-state index in [9.17, 15) is 4.79 Å². The first-order valence-corrected chi connectivity index (χ1v) is 6.98. The molecule has 0 radical (unpaired) electrons. The molecule has 0 saturated heterocycles. The van der Waals surface area contributed by atoms with Gasteiger partial charge in [0.15, 0.2) is 0 Å². The fourth-order valence-corrected chi connectivity index (χ4v) is 2.78. The second-order valence-corrected chi connectivity index (χ2v) is 6.00. The van der Waals surface area contributed by atoms with Crippen LogP contribution in [0.5, 0.6) is 0 Å². The minimum absolute atomic E-state index is 0.287. The number of esters is 1. The summed E-state index contributed by atoms with van der Waals surface area (Å²) in [6, 6.07) is 8.03. The summed E-state index contributed by atoms with van der Waals surface area (Å²) in [4.78, 5) is 11.4. The molecule has 0 aromatic heterocycles. The molecule has 1 aromatic rings. The summed E-state index contributed by atoms with van der Waals surface area (Å²) in [7, 11) is 1.40. The maximum atomic E-state index is 11.4. The Hall–Kier alpha value is -1.51. The van der Waals surface area contributed by atoms with Crippen LogP contribution in [0.15, 0.2) is 24.3 Å². The van der Waals surface area contributed by atoms with Crippen molar-refractivity contribution in [2.45, 2.75) is 45.6 Å². The lowest BCUT2D eigenvalue weighted by Crippen LogP contribution is -2.38. The van der Waals surface area contributed by atoms with Gasteiger partial charge >= 0.3 is 5.97 Å². The van der Waals surface area contributed by atoms with Crippen LogP contribution in [0.25, 0.3) is 0 Å². The lowest BCUT2D eigenvalue weighted by atomic mass is 9.73. The number of ether oxygens (including phenoxy) is 1. The molecular formula is C16H23NO2. The third-order valence-electron chi connectivity index (χ3n) is 4.15. The highest BCUT2D eigenvalue weighted by atomic mass is 16.5. The van der Waals surface area contributed by atoms with E-state index in [4.69, 9.17) is 4.74 Å². The van der Waals surface area contributed by atoms with Gasteiger partial charge in [0.1, 0.15) is 0 Å². The van der Waals surface area contributed by atoms with Crippen molar-refractivity contribution in [2.24, 2.45) is 5.41 Å². The molecule has 1 atom stereocenters. The van der Waals surface area contributed by atoms with Crippen LogP contribution in [0.2, 0.25) is 0 Å². The third kappa shape index (κ3) is 3.28. The molecule has 1 unspecified atom stereocenters. The maximum absolute atomic E-state index is 11.4. The van der Waals surface area contributed by atoms with Crippen LogP contribution < -0.4 is 5.32 Å². The van der Waals surface area contributed by atoms with Gasteiger partial charge in [0.2, 0.25) is 0 Å². The maximum Gasteiger partial charge on any atom is 0.337 e. The van der Waals surface area contributed by atoms with Gasteiger partial charge in [0.25, 0.3) is 0 Å². The van der Waals surface area contributed by atoms with E-state index in [2.05, 4.69) is 19.2 Å². The second kappa shape index (κ2) is 5.64. The van der Waals surface area contributed by atoms with Gasteiger partial charge in [-0.25, -0.2) is 4.79 Å². The molecule has 0 heterocycles. The van der Waals surface area contributed by atoms with E-state index >= 15 is 0 Å². The molecular weight excluding hydrogens is 238 g/mol. The Bertz CT molecular complexity index is 437. The molecule has 1 fully saturated rings. The molecule has 1 aromatic carbocycles. The van der Waals surface area contributed by atoms with Crippen LogP contribution in [0.1, 0.15) is 49.9 Å². The van der Waals surface area contributed by atoms with Crippen molar-refractivity contribution in [1.82, 2.24) is 0 Å². The first-order chi connectivity index (χ1) is 9.03. The highest BCUT2D eigenvalue weighted by molar-refractivity contribution is 5.89. The Labute approximate surface area is 115 Å². The smallest absolute Gasteiger partial charge is 0.337 e. The summed E-state index contributed by atoms with van der Waals surface area (Å²) in [5.74, 6) is -0.287. The van der Waals surface area contributed by atoms with Gasteiger partial charge in [-0.3, -0.25) is 0 Å². The van der Waals surface area contributed by atoms with Gasteiger partial charge in [-0.1, -0.05) is 26.7 Å². The van der Waals surface area contributed by atoms with E-state index in [1.807, 2.05) is 24.3 Å². The van der Waals surface area contributed by atoms with Crippen molar-refractivity contribution in [3.63, 3.8) is 0 Å². The standard InChI is InChI=1S/C16H23NO2/c1-16(2)11-5-4-6-14(16)17-13-9-7-12(8-10-13)15(18)19-3/h7-10,14,17H,4-6,11H2,1-3H3. The first-order valence-electron chi connectivity index (χ1n) is 6.98. The Morgan fingerprint density at radius 2 is 1.95 bits per heavy atom. The van der Waals surface area contributed by atoms with Gasteiger partial charge in [-0.2, -0.15) is 0 Å². The lowest BCUT2D eigenvalue weighted by molar-refractivity contribution is 0.0601. The number of hydrogen-bond donors (Lipinski definition) is 1. The van der Waals surface area contributed by atoms with Crippen LogP contribution in [0.3, 0.4) is 0 Å². The fourth-order valence-electron chi connectivity index (χ4n) is 2.78. The minimum atomic E-state index is -0.287. The van der Waals surface area contributed by atoms with Crippen molar-refractivity contribution in [3.05, 3.63) is 29.8 Å². The zero-order chi connectivity index (χ0) is 13.9. The number of carbonyl (C=O) groups excluding carboxylic acids is 1. The van der Waals surface area contributed by atoms with E-state index in [1.165, 1.54) is 32.8 Å². The van der Waals surface area contributed by atoms with Crippen molar-refractivity contribution in [1.29, 1.82) is 0 Å². The van der Waals surface area contributed by atoms with E-state index < -0.39 is 0 Å². The summed E-state index contributed by atoms with van der Waals surface area (Å²) < 4.78 is 4.70. The number of methoxy groups -OCH3 is 1. The van der Waals surface area contributed by atoms with Crippen LogP contribution in [-0.2, 0) is 4.74 Å². The van der Waals surface area contributed by atoms with E-state index in [0.29, 0.717) is 17.0 Å². The Balaban J connectivity index is 2.05. The molecule has 0 amide bonds. The largest absolute Gasteiger partial charge is 0.465 e. The predicted molar refractivity (Wildman–Crippen MR) is 77.4 cm³/mol. The molecule has 1 aliphatic carbocycles. The number of anilines is 1. The summed E-state index contributed by atoms with van der Waals surface area (Å²) in [6.07, 6.45) is 5.10. The van der Waals surface area contributed by atoms with Crippen LogP contribution in [-0.4, -0.2) is 19.1 Å². The van der Waals surface area contributed by atoms with Crippen molar-refractivity contribution >= 4 is 11.7 Å². The van der Waals surface area contributed by atoms with Gasteiger partial charge in [-0.05, 0) is 42.5 Å². The summed E-state index contributed by atoms with van der Waals surface area (Å²) in [5, 5.41) is 3.60. The average Bonchev–Trinajstić information content (AvgIpc) is 2.41. The number of rotatable bonds is 3. The topological polar surface area (TPSA) is 38.3 Å². The lowest BCUT2D eigenvalue weighted by Gasteiger charge is -2.39. The molecule has 0 aliphatic heterocycles. The highest BCUT2D eigenvalue weighted by Crippen LogP contribution is 2.37. The van der Waals surface area contributed by atoms with E-state index in [1.54, 1.807) is 0 Å². The highest BCUT2D eigenvalue weighted by Gasteiger charge is 2.31. The predicted octanol–water partition coefficient (Wildman–Crippen LogP) is 3.85. The molecule has 1 N–H and O–H groups in total. The number of hydrogen-bond acceptors (Lipinski definition) is 3. The van der Waals surface area contributed by atoms with Gasteiger partial charge in [-0.15, -0.1) is 0 Å². The number of benzene rings is 1. The molecule has 3 heteroatoms. The Kier molecular flexibility index (Phi) is 4.13. The summed E-state index contributed by atoms with van der Waals surface area (Å²) in [5.41, 5.74) is 2.00. The summed E-state index contributed by atoms with van der Waals surface area (Å²) >= 11 is 0. The van der Waals surface area contributed by atoms with Crippen molar-refractivity contribution in [3.8, 4) is 0 Å². The van der Waals surface area contributed by atoms with Crippen LogP contribution in [0.4, 0.5) is 5.69 Å². The average molecular weight is 261 g/mol. The van der Waals surface area contributed by atoms with Gasteiger partial charge < -0.3 is 10.1 Å². The molecule has 104 valence electrons. The molecule has 19 heavy (non-hydrogen) atoms. The molecule has 2 rings (SSSR count). The SMILES string of the molecule is COC(=O)c1ccc(NC2CCCCC2(C)C)cc1. The molecule has 1 saturated carbocycles. The van der Waals surface area contributed by atoms with Crippen LogP contribution in [0, 0.1) is 5.41 Å². The molecule has 0 bridgehead atoms. The van der Waals surface area contributed by atoms with E-state index in [-0.39, 0.29) is 5.97 Å².